The molecule has 0 spiro atoms. The Kier molecular flexibility index (Phi) is 14.4. The van der Waals surface area contributed by atoms with E-state index in [1.165, 1.54) is 61.2 Å². The summed E-state index contributed by atoms with van der Waals surface area (Å²) in [6.45, 7) is 58.4. The fraction of sp³-hybridized carbons (Fsp3) is 0.412. The van der Waals surface area contributed by atoms with Crippen LogP contribution in [0.4, 0.5) is 0 Å². The molecule has 4 nitrogen and oxygen atoms in total. The fourth-order valence-corrected chi connectivity index (χ4v) is 12.0. The van der Waals surface area contributed by atoms with Crippen LogP contribution in [0, 0.1) is 0 Å². The molecule has 3 N–H and O–H groups in total. The van der Waals surface area contributed by atoms with Crippen LogP contribution in [0.3, 0.4) is 0 Å². The highest BCUT2D eigenvalue weighted by molar-refractivity contribution is 6.35. The number of fused-ring (bicyclic) bond motifs is 9. The third kappa shape index (κ3) is 11.7. The molecule has 3 aliphatic rings. The van der Waals surface area contributed by atoms with E-state index in [1.54, 1.807) is 0 Å². The standard InChI is InChI=1S/C80H98N4/c1-46-32-59-60(33-46)72-70(50-40-57(79(20,21)22)45-58(41-50)80(23,24)25)66-31-29-64(83-66)68(48-36-53(75(8,9)10)43-54(37-48)76(11,12)13)62-27-26-61(81-62)67(47-34-51(73(2,3)4)42-52(35-47)74(5,6)7)63-28-30-65(82-63)69(71(59)84-72)49-38-55(77(14,15)16)44-56(39-49)78(17,18)19/h26-45,81-83H,1-25H3/b67-63-,68-64-,69-65-,70-66-. The molecule has 4 heteroatoms. The van der Waals surface area contributed by atoms with Crippen LogP contribution in [0.1, 0.15) is 251 Å². The van der Waals surface area contributed by atoms with E-state index in [9.17, 15) is 0 Å². The molecule has 438 valence electrons. The largest absolute Gasteiger partial charge is 0.354 e. The van der Waals surface area contributed by atoms with Crippen LogP contribution < -0.4 is 21.4 Å². The summed E-state index contributed by atoms with van der Waals surface area (Å²) in [5, 5.41) is 4.12. The van der Waals surface area contributed by atoms with E-state index in [1.807, 2.05) is 0 Å². The highest BCUT2D eigenvalue weighted by atomic mass is 14.8. The summed E-state index contributed by atoms with van der Waals surface area (Å²) in [4.78, 5) is 18.8. The van der Waals surface area contributed by atoms with Crippen LogP contribution in [0.5, 0.6) is 0 Å². The van der Waals surface area contributed by atoms with Gasteiger partial charge in [-0.3, -0.25) is 0 Å². The number of benzene rings is 4. The van der Waals surface area contributed by atoms with Gasteiger partial charge in [-0.15, -0.1) is 0 Å². The molecule has 8 bridgehead atoms. The number of H-pyrrole nitrogens is 3. The first-order valence-corrected chi connectivity index (χ1v) is 31.0. The van der Waals surface area contributed by atoms with Gasteiger partial charge in [0.15, 0.2) is 0 Å². The predicted octanol–water partition coefficient (Wildman–Crippen LogP) is 17.6. The number of aliphatic imine (C=N–C) groups is 1. The predicted molar refractivity (Wildman–Crippen MR) is 361 cm³/mol. The Morgan fingerprint density at radius 2 is 0.548 bits per heavy atom. The van der Waals surface area contributed by atoms with Gasteiger partial charge in [-0.25, -0.2) is 4.99 Å². The SMILES string of the molecule is CC1=CC2=C3N=C(C2=C1)/C(c1cc(C(C)(C)C)cc(C(C)(C)C)c1)=c1/cc/c([nH]1)=C(\c1cc(C(C)(C)C)cc(C(C)(C)C)c1)c1ccc([nH]1)/C(c1cc(C(C)(C)C)cc(C(C)(C)C)c1)=c1/cc/c([nH]1)=C/3c1cc(C(C)(C)C)cc(C(C)(C)C)c1. The molecule has 0 amide bonds. The molecule has 0 fully saturated rings. The minimum Gasteiger partial charge on any atom is -0.354 e. The molecule has 0 atom stereocenters. The molecular formula is C80H98N4. The van der Waals surface area contributed by atoms with Crippen molar-refractivity contribution < 1.29 is 0 Å². The highest BCUT2D eigenvalue weighted by Gasteiger charge is 2.35. The van der Waals surface area contributed by atoms with E-state index in [-0.39, 0.29) is 43.3 Å². The summed E-state index contributed by atoms with van der Waals surface area (Å²) in [5.41, 5.74) is 26.2. The van der Waals surface area contributed by atoms with Gasteiger partial charge in [0.05, 0.1) is 11.4 Å². The van der Waals surface area contributed by atoms with E-state index >= 15 is 0 Å². The van der Waals surface area contributed by atoms with Gasteiger partial charge < -0.3 is 15.0 Å². The first-order valence-electron chi connectivity index (χ1n) is 31.0. The van der Waals surface area contributed by atoms with Crippen LogP contribution in [-0.4, -0.2) is 20.7 Å². The number of hydrogen-bond acceptors (Lipinski definition) is 1. The van der Waals surface area contributed by atoms with Crippen LogP contribution in [0.25, 0.3) is 22.3 Å². The molecule has 0 unspecified atom stereocenters. The van der Waals surface area contributed by atoms with Crippen molar-refractivity contribution in [1.82, 2.24) is 15.0 Å². The lowest BCUT2D eigenvalue weighted by Crippen LogP contribution is -2.23. The van der Waals surface area contributed by atoms with Crippen molar-refractivity contribution in [1.29, 1.82) is 0 Å². The average Bonchev–Trinajstić information content (AvgIpc) is 2.09. The van der Waals surface area contributed by atoms with Crippen molar-refractivity contribution in [2.24, 2.45) is 4.99 Å². The van der Waals surface area contributed by atoms with E-state index < -0.39 is 0 Å². The maximum Gasteiger partial charge on any atom is 0.0815 e. The van der Waals surface area contributed by atoms with E-state index in [0.29, 0.717) is 0 Å². The second-order valence-electron chi connectivity index (χ2n) is 33.2. The Labute approximate surface area is 505 Å². The smallest absolute Gasteiger partial charge is 0.0815 e. The molecular weight excluding hydrogens is 1020 g/mol. The third-order valence-corrected chi connectivity index (χ3v) is 17.7. The maximum absolute atomic E-state index is 6.16. The van der Waals surface area contributed by atoms with E-state index in [0.717, 1.165) is 88.8 Å². The van der Waals surface area contributed by atoms with Gasteiger partial charge in [-0.2, -0.15) is 0 Å². The number of rotatable bonds is 4. The lowest BCUT2D eigenvalue weighted by Gasteiger charge is -2.27. The number of aromatic amines is 3. The molecule has 1 aliphatic carbocycles. The summed E-state index contributed by atoms with van der Waals surface area (Å²) >= 11 is 0. The van der Waals surface area contributed by atoms with Gasteiger partial charge >= 0.3 is 0 Å². The van der Waals surface area contributed by atoms with Gasteiger partial charge in [0.1, 0.15) is 0 Å². The zero-order chi connectivity index (χ0) is 61.6. The zero-order valence-electron chi connectivity index (χ0n) is 56.0. The molecule has 84 heavy (non-hydrogen) atoms. The lowest BCUT2D eigenvalue weighted by molar-refractivity contribution is 0.567. The van der Waals surface area contributed by atoms with Gasteiger partial charge in [0.25, 0.3) is 0 Å². The second kappa shape index (κ2) is 20.1. The van der Waals surface area contributed by atoms with Crippen LogP contribution in [0.2, 0.25) is 0 Å². The Hall–Kier alpha value is -6.91. The van der Waals surface area contributed by atoms with E-state index in [4.69, 9.17) is 4.99 Å². The minimum absolute atomic E-state index is 0.0992. The summed E-state index contributed by atoms with van der Waals surface area (Å²) in [5.74, 6) is 0. The van der Waals surface area contributed by atoms with Crippen molar-refractivity contribution in [2.45, 2.75) is 216 Å². The first kappa shape index (κ1) is 60.2. The third-order valence-electron chi connectivity index (χ3n) is 17.7. The van der Waals surface area contributed by atoms with E-state index in [2.05, 4.69) is 309 Å². The van der Waals surface area contributed by atoms with Crippen LogP contribution in [-0.2, 0) is 43.3 Å². The van der Waals surface area contributed by atoms with Crippen molar-refractivity contribution in [3.05, 3.63) is 243 Å². The number of allylic oxidation sites excluding steroid dienone is 6. The number of hydrogen-bond donors (Lipinski definition) is 3. The lowest BCUT2D eigenvalue weighted by atomic mass is 9.78. The molecule has 2 aliphatic heterocycles. The molecule has 0 radical (unpaired) electrons. The van der Waals surface area contributed by atoms with Crippen molar-refractivity contribution >= 4 is 28.0 Å². The Balaban J connectivity index is 1.47. The van der Waals surface area contributed by atoms with Gasteiger partial charge in [0, 0.05) is 66.2 Å². The fourth-order valence-electron chi connectivity index (χ4n) is 12.0. The Morgan fingerprint density at radius 1 is 0.286 bits per heavy atom. The summed E-state index contributed by atoms with van der Waals surface area (Å²) in [6.07, 6.45) is 4.76. The van der Waals surface area contributed by atoms with Gasteiger partial charge in [0.2, 0.25) is 0 Å². The summed E-state index contributed by atoms with van der Waals surface area (Å²) in [7, 11) is 0. The molecule has 3 aromatic heterocycles. The topological polar surface area (TPSA) is 59.7 Å². The molecule has 5 heterocycles. The monoisotopic (exact) mass is 1110 g/mol. The second-order valence-corrected chi connectivity index (χ2v) is 33.2. The quantitative estimate of drug-likeness (QED) is 0.157. The Bertz CT molecular complexity index is 4100. The first-order chi connectivity index (χ1) is 38.5. The maximum atomic E-state index is 6.16. The highest BCUT2D eigenvalue weighted by Crippen LogP contribution is 2.45. The molecule has 4 aromatic carbocycles. The summed E-state index contributed by atoms with van der Waals surface area (Å²) < 4.78 is 0. The number of nitrogens with one attached hydrogen (secondary N) is 3. The molecule has 7 aromatic rings. The molecule has 10 rings (SSSR count). The van der Waals surface area contributed by atoms with Gasteiger partial charge in [-0.05, 0) is 171 Å². The van der Waals surface area contributed by atoms with Crippen molar-refractivity contribution in [3.8, 4) is 0 Å². The molecule has 0 saturated heterocycles. The van der Waals surface area contributed by atoms with Gasteiger partial charge in [-0.1, -0.05) is 239 Å². The zero-order valence-corrected chi connectivity index (χ0v) is 56.0. The average molecular weight is 1120 g/mol. The minimum atomic E-state index is -0.116. The van der Waals surface area contributed by atoms with Crippen molar-refractivity contribution in [3.63, 3.8) is 0 Å². The van der Waals surface area contributed by atoms with Crippen LogP contribution >= 0.6 is 0 Å². The number of nitrogens with zero attached hydrogens (tertiary/aromatic N) is 1. The van der Waals surface area contributed by atoms with Crippen molar-refractivity contribution in [2.75, 3.05) is 0 Å². The van der Waals surface area contributed by atoms with Crippen LogP contribution in [0.15, 0.2) is 149 Å². The number of aromatic nitrogens is 3. The normalized spacial score (nSPS) is 18.3. The Morgan fingerprint density at radius 3 is 0.845 bits per heavy atom. The summed E-state index contributed by atoms with van der Waals surface area (Å²) in [6, 6.07) is 43.3. The molecule has 0 saturated carbocycles.